The maximum atomic E-state index is 12.6. The maximum absolute atomic E-state index is 12.6. The third-order valence-electron chi connectivity index (χ3n) is 7.25. The Hall–Kier alpha value is -3.35. The molecule has 0 heterocycles. The number of benzene rings is 2. The zero-order valence-electron chi connectivity index (χ0n) is 19.7. The molecule has 2 amide bonds. The first-order valence-electron chi connectivity index (χ1n) is 11.9. The van der Waals surface area contributed by atoms with Gasteiger partial charge >= 0.3 is 12.1 Å². The topological polar surface area (TPSA) is 105 Å². The Morgan fingerprint density at radius 2 is 1.62 bits per heavy atom. The van der Waals surface area contributed by atoms with Gasteiger partial charge in [0.05, 0.1) is 5.41 Å². The van der Waals surface area contributed by atoms with Crippen molar-refractivity contribution in [3.8, 4) is 11.1 Å². The highest BCUT2D eigenvalue weighted by Crippen LogP contribution is 2.44. The van der Waals surface area contributed by atoms with Gasteiger partial charge in [-0.3, -0.25) is 9.59 Å². The number of carboxylic acid groups (broad SMARTS) is 1. The largest absolute Gasteiger partial charge is 0.481 e. The first-order valence-corrected chi connectivity index (χ1v) is 11.9. The lowest BCUT2D eigenvalue weighted by molar-refractivity contribution is -0.154. The number of carboxylic acids is 1. The van der Waals surface area contributed by atoms with E-state index in [9.17, 15) is 19.5 Å². The summed E-state index contributed by atoms with van der Waals surface area (Å²) >= 11 is 0. The molecule has 1 fully saturated rings. The van der Waals surface area contributed by atoms with Crippen LogP contribution in [0.1, 0.15) is 56.6 Å². The van der Waals surface area contributed by atoms with Crippen molar-refractivity contribution in [3.05, 3.63) is 59.7 Å². The lowest BCUT2D eigenvalue weighted by atomic mass is 9.69. The van der Waals surface area contributed by atoms with E-state index in [1.165, 1.54) is 0 Å². The number of rotatable bonds is 9. The molecule has 2 aliphatic rings. The van der Waals surface area contributed by atoms with Crippen molar-refractivity contribution in [3.63, 3.8) is 0 Å². The van der Waals surface area contributed by atoms with Crippen molar-refractivity contribution in [2.24, 2.45) is 11.3 Å². The van der Waals surface area contributed by atoms with Crippen LogP contribution >= 0.6 is 0 Å². The molecule has 0 radical (unpaired) electrons. The van der Waals surface area contributed by atoms with Gasteiger partial charge in [-0.25, -0.2) is 4.79 Å². The summed E-state index contributed by atoms with van der Waals surface area (Å²) in [6.45, 7) is 4.17. The molecular formula is C27H32N2O5. The Bertz CT molecular complexity index is 1030. The normalized spacial score (nSPS) is 16.7. The van der Waals surface area contributed by atoms with Gasteiger partial charge in [0.25, 0.3) is 0 Å². The van der Waals surface area contributed by atoms with Crippen LogP contribution in [0.4, 0.5) is 4.79 Å². The summed E-state index contributed by atoms with van der Waals surface area (Å²) in [5.41, 5.74) is 3.76. The number of aliphatic carboxylic acids is 1. The van der Waals surface area contributed by atoms with Crippen LogP contribution in [-0.4, -0.2) is 42.3 Å². The van der Waals surface area contributed by atoms with Gasteiger partial charge < -0.3 is 20.5 Å². The number of amides is 2. The molecule has 3 N–H and O–H groups in total. The summed E-state index contributed by atoms with van der Waals surface area (Å²) in [7, 11) is 0. The summed E-state index contributed by atoms with van der Waals surface area (Å²) in [4.78, 5) is 36.6. The molecule has 0 unspecified atom stereocenters. The van der Waals surface area contributed by atoms with Crippen molar-refractivity contribution in [2.75, 3.05) is 13.2 Å². The average Bonchev–Trinajstić information content (AvgIpc) is 3.10. The Labute approximate surface area is 199 Å². The molecule has 0 spiro atoms. The van der Waals surface area contributed by atoms with E-state index in [1.54, 1.807) is 0 Å². The third kappa shape index (κ3) is 4.79. The Morgan fingerprint density at radius 1 is 1.03 bits per heavy atom. The van der Waals surface area contributed by atoms with E-state index in [0.29, 0.717) is 12.8 Å². The highest BCUT2D eigenvalue weighted by atomic mass is 16.5. The molecule has 7 heteroatoms. The summed E-state index contributed by atoms with van der Waals surface area (Å²) in [5.74, 6) is -1.17. The molecule has 0 saturated heterocycles. The van der Waals surface area contributed by atoms with Crippen molar-refractivity contribution in [2.45, 2.75) is 51.5 Å². The molecule has 180 valence electrons. The Morgan fingerprint density at radius 3 is 2.12 bits per heavy atom. The van der Waals surface area contributed by atoms with Gasteiger partial charge in [-0.05, 0) is 41.0 Å². The van der Waals surface area contributed by atoms with Crippen LogP contribution in [-0.2, 0) is 14.3 Å². The summed E-state index contributed by atoms with van der Waals surface area (Å²) in [6.07, 6.45) is 1.52. The Balaban J connectivity index is 1.32. The van der Waals surface area contributed by atoms with Crippen molar-refractivity contribution in [1.29, 1.82) is 0 Å². The smallest absolute Gasteiger partial charge is 0.407 e. The molecule has 2 aromatic rings. The van der Waals surface area contributed by atoms with E-state index in [1.807, 2.05) is 38.1 Å². The lowest BCUT2D eigenvalue weighted by Crippen LogP contribution is -2.49. The SMILES string of the molecule is CC(C)[C@H](CC(=O)NCC1(C(=O)O)CCC1)NC(=O)OCC1c2ccccc2-c2ccccc21. The number of nitrogens with one attached hydrogen (secondary N) is 2. The standard InChI is InChI=1S/C27H32N2O5/c1-17(2)23(14-24(30)28-16-27(25(31)32)12-7-13-27)29-26(33)34-15-22-20-10-5-3-8-18(20)19-9-4-6-11-21(19)22/h3-6,8-11,17,22-23H,7,12-16H2,1-2H3,(H,28,30)(H,29,33)(H,31,32)/t23-/m0/s1. The summed E-state index contributed by atoms with van der Waals surface area (Å²) < 4.78 is 5.61. The van der Waals surface area contributed by atoms with Crippen LogP contribution in [0.5, 0.6) is 0 Å². The highest BCUT2D eigenvalue weighted by Gasteiger charge is 2.44. The van der Waals surface area contributed by atoms with Crippen LogP contribution in [0, 0.1) is 11.3 Å². The molecule has 0 bridgehead atoms. The van der Waals surface area contributed by atoms with E-state index in [2.05, 4.69) is 34.9 Å². The molecule has 4 rings (SSSR count). The van der Waals surface area contributed by atoms with Crippen LogP contribution in [0.15, 0.2) is 48.5 Å². The van der Waals surface area contributed by atoms with Crippen molar-refractivity contribution >= 4 is 18.0 Å². The van der Waals surface area contributed by atoms with E-state index >= 15 is 0 Å². The van der Waals surface area contributed by atoms with Gasteiger partial charge in [0.15, 0.2) is 0 Å². The minimum atomic E-state index is -0.865. The Kier molecular flexibility index (Phi) is 6.91. The molecule has 0 aromatic heterocycles. The van der Waals surface area contributed by atoms with Crippen LogP contribution in [0.2, 0.25) is 0 Å². The lowest BCUT2D eigenvalue weighted by Gasteiger charge is -2.37. The van der Waals surface area contributed by atoms with Crippen molar-refractivity contribution < 1.29 is 24.2 Å². The van der Waals surface area contributed by atoms with Crippen LogP contribution < -0.4 is 10.6 Å². The molecule has 2 aromatic carbocycles. The fraction of sp³-hybridized carbons (Fsp3) is 0.444. The van der Waals surface area contributed by atoms with Crippen LogP contribution in [0.25, 0.3) is 11.1 Å². The minimum Gasteiger partial charge on any atom is -0.481 e. The minimum absolute atomic E-state index is 0.00312. The maximum Gasteiger partial charge on any atom is 0.407 e. The van der Waals surface area contributed by atoms with Crippen LogP contribution in [0.3, 0.4) is 0 Å². The first kappa shape index (κ1) is 23.8. The number of hydrogen-bond donors (Lipinski definition) is 3. The van der Waals surface area contributed by atoms with E-state index in [4.69, 9.17) is 4.74 Å². The molecule has 1 saturated carbocycles. The summed E-state index contributed by atoms with van der Waals surface area (Å²) in [6, 6.07) is 15.9. The molecule has 34 heavy (non-hydrogen) atoms. The predicted octanol–water partition coefficient (Wildman–Crippen LogP) is 4.31. The molecule has 1 atom stereocenters. The van der Waals surface area contributed by atoms with Gasteiger partial charge in [-0.15, -0.1) is 0 Å². The third-order valence-corrected chi connectivity index (χ3v) is 7.25. The van der Waals surface area contributed by atoms with Gasteiger partial charge in [-0.1, -0.05) is 68.8 Å². The monoisotopic (exact) mass is 464 g/mol. The average molecular weight is 465 g/mol. The fourth-order valence-electron chi connectivity index (χ4n) is 4.85. The summed E-state index contributed by atoms with van der Waals surface area (Å²) in [5, 5.41) is 15.0. The first-order chi connectivity index (χ1) is 16.3. The van der Waals surface area contributed by atoms with Gasteiger partial charge in [0, 0.05) is 24.9 Å². The second-order valence-corrected chi connectivity index (χ2v) is 9.74. The van der Waals surface area contributed by atoms with E-state index in [-0.39, 0.29) is 37.3 Å². The van der Waals surface area contributed by atoms with Gasteiger partial charge in [0.2, 0.25) is 5.91 Å². The number of fused-ring (bicyclic) bond motifs is 3. The second kappa shape index (κ2) is 9.87. The van der Waals surface area contributed by atoms with Gasteiger partial charge in [0.1, 0.15) is 6.61 Å². The zero-order valence-corrected chi connectivity index (χ0v) is 19.7. The molecule has 2 aliphatic carbocycles. The number of carbonyl (C=O) groups excluding carboxylic acids is 2. The van der Waals surface area contributed by atoms with E-state index in [0.717, 1.165) is 28.7 Å². The highest BCUT2D eigenvalue weighted by molar-refractivity contribution is 5.81. The number of alkyl carbamates (subject to hydrolysis) is 1. The number of hydrogen-bond acceptors (Lipinski definition) is 4. The second-order valence-electron chi connectivity index (χ2n) is 9.74. The zero-order chi connectivity index (χ0) is 24.3. The fourth-order valence-corrected chi connectivity index (χ4v) is 4.85. The quantitative estimate of drug-likeness (QED) is 0.513. The predicted molar refractivity (Wildman–Crippen MR) is 128 cm³/mol. The van der Waals surface area contributed by atoms with E-state index < -0.39 is 23.5 Å². The number of carbonyl (C=O) groups is 3. The molecular weight excluding hydrogens is 432 g/mol. The molecule has 7 nitrogen and oxygen atoms in total. The molecule has 0 aliphatic heterocycles. The number of ether oxygens (including phenoxy) is 1. The van der Waals surface area contributed by atoms with Gasteiger partial charge in [-0.2, -0.15) is 0 Å². The van der Waals surface area contributed by atoms with Crippen molar-refractivity contribution in [1.82, 2.24) is 10.6 Å².